The maximum absolute atomic E-state index is 12.4. The first-order valence-electron chi connectivity index (χ1n) is 9.49. The van der Waals surface area contributed by atoms with Crippen molar-refractivity contribution in [2.75, 3.05) is 37.4 Å². The van der Waals surface area contributed by atoms with E-state index in [1.54, 1.807) is 48.4 Å². The fourth-order valence-electron chi connectivity index (χ4n) is 2.86. The normalized spacial score (nSPS) is 10.5. The molecule has 0 saturated heterocycles. The Labute approximate surface area is 171 Å². The van der Waals surface area contributed by atoms with E-state index in [0.29, 0.717) is 29.2 Å². The van der Waals surface area contributed by atoms with Crippen LogP contribution in [-0.2, 0) is 9.59 Å². The van der Waals surface area contributed by atoms with Crippen LogP contribution in [0.3, 0.4) is 0 Å². The van der Waals surface area contributed by atoms with Crippen LogP contribution >= 0.6 is 0 Å². The molecule has 0 radical (unpaired) electrons. The van der Waals surface area contributed by atoms with E-state index < -0.39 is 0 Å². The van der Waals surface area contributed by atoms with Crippen molar-refractivity contribution < 1.29 is 19.1 Å². The lowest BCUT2D eigenvalue weighted by atomic mass is 10.1. The fourth-order valence-corrected chi connectivity index (χ4v) is 2.86. The summed E-state index contributed by atoms with van der Waals surface area (Å²) in [4.78, 5) is 37.9. The Kier molecular flexibility index (Phi) is 8.36. The van der Waals surface area contributed by atoms with Gasteiger partial charge in [0.2, 0.25) is 11.8 Å². The summed E-state index contributed by atoms with van der Waals surface area (Å²) in [7, 11) is 1.54. The van der Waals surface area contributed by atoms with E-state index in [2.05, 4.69) is 10.6 Å². The highest BCUT2D eigenvalue weighted by Crippen LogP contribution is 2.22. The van der Waals surface area contributed by atoms with Crippen molar-refractivity contribution in [2.24, 2.45) is 0 Å². The Morgan fingerprint density at radius 2 is 1.55 bits per heavy atom. The van der Waals surface area contributed by atoms with E-state index in [1.165, 1.54) is 6.92 Å². The van der Waals surface area contributed by atoms with Crippen molar-refractivity contribution in [3.63, 3.8) is 0 Å². The van der Waals surface area contributed by atoms with Crippen LogP contribution in [0.2, 0.25) is 0 Å². The summed E-state index contributed by atoms with van der Waals surface area (Å²) >= 11 is 0. The number of amides is 2. The second-order valence-electron chi connectivity index (χ2n) is 6.64. The molecule has 2 N–H and O–H groups in total. The van der Waals surface area contributed by atoms with Gasteiger partial charge in [-0.05, 0) is 56.3 Å². The highest BCUT2D eigenvalue weighted by molar-refractivity contribution is 5.97. The molecule has 0 fully saturated rings. The number of nitrogens with zero attached hydrogens (tertiary/aromatic N) is 1. The molecular weight excluding hydrogens is 370 g/mol. The van der Waals surface area contributed by atoms with Crippen molar-refractivity contribution in [3.05, 3.63) is 54.1 Å². The molecule has 0 aromatic heterocycles. The summed E-state index contributed by atoms with van der Waals surface area (Å²) in [5.41, 5.74) is 1.78. The molecule has 0 aliphatic rings. The summed E-state index contributed by atoms with van der Waals surface area (Å²) in [6, 6.07) is 13.9. The Balaban J connectivity index is 1.93. The number of carbonyl (C=O) groups excluding carboxylic acids is 3. The SMILES string of the molecule is CCCN(CC(=O)Nc1ccc(C(C)=O)cc1)CC(=O)Nc1ccccc1OC. The zero-order valence-corrected chi connectivity index (χ0v) is 17.0. The number of nitrogens with one attached hydrogen (secondary N) is 2. The third-order valence-electron chi connectivity index (χ3n) is 4.23. The smallest absolute Gasteiger partial charge is 0.238 e. The quantitative estimate of drug-likeness (QED) is 0.601. The molecule has 0 atom stereocenters. The van der Waals surface area contributed by atoms with Gasteiger partial charge in [0.25, 0.3) is 0 Å². The first-order chi connectivity index (χ1) is 13.9. The van der Waals surface area contributed by atoms with Crippen molar-refractivity contribution in [1.82, 2.24) is 4.90 Å². The maximum Gasteiger partial charge on any atom is 0.238 e. The first-order valence-corrected chi connectivity index (χ1v) is 9.49. The van der Waals surface area contributed by atoms with Gasteiger partial charge < -0.3 is 15.4 Å². The number of methoxy groups -OCH3 is 1. The van der Waals surface area contributed by atoms with Gasteiger partial charge in [0.05, 0.1) is 25.9 Å². The molecule has 7 heteroatoms. The van der Waals surface area contributed by atoms with Crippen LogP contribution in [0.1, 0.15) is 30.6 Å². The standard InChI is InChI=1S/C22H27N3O4/c1-4-13-25(15-22(28)24-19-7-5-6-8-20(19)29-3)14-21(27)23-18-11-9-17(10-12-18)16(2)26/h5-12H,4,13-15H2,1-3H3,(H,23,27)(H,24,28). The summed E-state index contributed by atoms with van der Waals surface area (Å²) in [6.07, 6.45) is 0.808. The number of anilines is 2. The molecule has 0 spiro atoms. The molecule has 7 nitrogen and oxygen atoms in total. The Hall–Kier alpha value is -3.19. The Bertz CT molecular complexity index is 849. The minimum Gasteiger partial charge on any atom is -0.495 e. The molecule has 0 aliphatic heterocycles. The fraction of sp³-hybridized carbons (Fsp3) is 0.318. The van der Waals surface area contributed by atoms with Gasteiger partial charge in [-0.15, -0.1) is 0 Å². The predicted octanol–water partition coefficient (Wildman–Crippen LogP) is 3.19. The number of Topliss-reactive ketones (excluding diaryl/α,β-unsaturated/α-hetero) is 1. The van der Waals surface area contributed by atoms with Gasteiger partial charge in [-0.2, -0.15) is 0 Å². The Morgan fingerprint density at radius 3 is 2.14 bits per heavy atom. The lowest BCUT2D eigenvalue weighted by Crippen LogP contribution is -2.39. The monoisotopic (exact) mass is 397 g/mol. The number of hydrogen-bond donors (Lipinski definition) is 2. The van der Waals surface area contributed by atoms with E-state index in [-0.39, 0.29) is 30.7 Å². The second kappa shape index (κ2) is 11.0. The van der Waals surface area contributed by atoms with Gasteiger partial charge in [0, 0.05) is 11.3 Å². The minimum atomic E-state index is -0.223. The number of para-hydroxylation sites is 2. The van der Waals surface area contributed by atoms with Crippen LogP contribution in [0.4, 0.5) is 11.4 Å². The van der Waals surface area contributed by atoms with E-state index in [0.717, 1.165) is 6.42 Å². The molecule has 2 aromatic carbocycles. The number of ether oxygens (including phenoxy) is 1. The molecule has 29 heavy (non-hydrogen) atoms. The van der Waals surface area contributed by atoms with Gasteiger partial charge in [0.1, 0.15) is 5.75 Å². The molecular formula is C22H27N3O4. The third kappa shape index (κ3) is 7.04. The zero-order chi connectivity index (χ0) is 21.2. The maximum atomic E-state index is 12.4. The molecule has 0 heterocycles. The second-order valence-corrected chi connectivity index (χ2v) is 6.64. The summed E-state index contributed by atoms with van der Waals surface area (Å²) < 4.78 is 5.24. The van der Waals surface area contributed by atoms with Crippen LogP contribution in [0.5, 0.6) is 5.75 Å². The van der Waals surface area contributed by atoms with E-state index >= 15 is 0 Å². The van der Waals surface area contributed by atoms with Crippen LogP contribution in [0.15, 0.2) is 48.5 Å². The van der Waals surface area contributed by atoms with Crippen molar-refractivity contribution in [3.8, 4) is 5.75 Å². The highest BCUT2D eigenvalue weighted by atomic mass is 16.5. The average molecular weight is 397 g/mol. The van der Waals surface area contributed by atoms with E-state index in [4.69, 9.17) is 4.74 Å². The van der Waals surface area contributed by atoms with Crippen LogP contribution in [0.25, 0.3) is 0 Å². The lowest BCUT2D eigenvalue weighted by molar-refractivity contribution is -0.120. The molecule has 0 bridgehead atoms. The number of rotatable bonds is 10. The van der Waals surface area contributed by atoms with Gasteiger partial charge in [-0.3, -0.25) is 19.3 Å². The van der Waals surface area contributed by atoms with Crippen molar-refractivity contribution in [1.29, 1.82) is 0 Å². The summed E-state index contributed by atoms with van der Waals surface area (Å²) in [5, 5.41) is 5.62. The molecule has 2 rings (SSSR count). The number of benzene rings is 2. The predicted molar refractivity (Wildman–Crippen MR) is 113 cm³/mol. The third-order valence-corrected chi connectivity index (χ3v) is 4.23. The molecule has 2 aromatic rings. The highest BCUT2D eigenvalue weighted by Gasteiger charge is 2.15. The van der Waals surface area contributed by atoms with Crippen molar-refractivity contribution >= 4 is 29.0 Å². The molecule has 0 aliphatic carbocycles. The van der Waals surface area contributed by atoms with Crippen LogP contribution in [0, 0.1) is 0 Å². The molecule has 2 amide bonds. The molecule has 0 unspecified atom stereocenters. The lowest BCUT2D eigenvalue weighted by Gasteiger charge is -2.21. The van der Waals surface area contributed by atoms with Gasteiger partial charge in [0.15, 0.2) is 5.78 Å². The van der Waals surface area contributed by atoms with E-state index in [1.807, 2.05) is 19.1 Å². The topological polar surface area (TPSA) is 87.7 Å². The largest absolute Gasteiger partial charge is 0.495 e. The zero-order valence-electron chi connectivity index (χ0n) is 17.0. The minimum absolute atomic E-state index is 0.0296. The van der Waals surface area contributed by atoms with Crippen LogP contribution in [-0.4, -0.2) is 49.2 Å². The van der Waals surface area contributed by atoms with Gasteiger partial charge in [-0.1, -0.05) is 19.1 Å². The number of carbonyl (C=O) groups is 3. The van der Waals surface area contributed by atoms with Crippen molar-refractivity contribution in [2.45, 2.75) is 20.3 Å². The number of ketones is 1. The van der Waals surface area contributed by atoms with Gasteiger partial charge in [-0.25, -0.2) is 0 Å². The summed E-state index contributed by atoms with van der Waals surface area (Å²) in [6.45, 7) is 4.26. The van der Waals surface area contributed by atoms with Crippen LogP contribution < -0.4 is 15.4 Å². The Morgan fingerprint density at radius 1 is 0.931 bits per heavy atom. The first kappa shape index (κ1) is 22.1. The van der Waals surface area contributed by atoms with Gasteiger partial charge >= 0.3 is 0 Å². The average Bonchev–Trinajstić information content (AvgIpc) is 2.68. The van der Waals surface area contributed by atoms with E-state index in [9.17, 15) is 14.4 Å². The summed E-state index contributed by atoms with van der Waals surface area (Å²) in [5.74, 6) is 0.105. The number of hydrogen-bond acceptors (Lipinski definition) is 5. The molecule has 154 valence electrons. The molecule has 0 saturated carbocycles.